The Morgan fingerprint density at radius 3 is 2.04 bits per heavy atom. The quantitative estimate of drug-likeness (QED) is 0.244. The summed E-state index contributed by atoms with van der Waals surface area (Å²) >= 11 is 0. The molecule has 134 valence electrons. The molecular weight excluding hydrogens is 352 g/mol. The number of carboxylic acids is 1. The Morgan fingerprint density at radius 2 is 1.70 bits per heavy atom. The Balaban J connectivity index is -0.000000735. The van der Waals surface area contributed by atoms with Gasteiger partial charge in [-0.3, -0.25) is 14.1 Å². The maximum Gasteiger partial charge on any atom is 2.00 e. The number of hydrogen-bond acceptors (Lipinski definition) is 5. The predicted octanol–water partition coefficient (Wildman–Crippen LogP) is 2.24. The Bertz CT molecular complexity index is 482. The van der Waals surface area contributed by atoms with E-state index in [0.717, 1.165) is 19.3 Å². The van der Waals surface area contributed by atoms with Crippen LogP contribution in [0, 0.1) is 0 Å². The Kier molecular flexibility index (Phi) is 12.8. The second kappa shape index (κ2) is 11.6. The van der Waals surface area contributed by atoms with Crippen molar-refractivity contribution in [3.63, 3.8) is 0 Å². The fraction of sp³-hybridized carbons (Fsp3) is 0.857. The smallest absolute Gasteiger partial charge is 1.00 e. The van der Waals surface area contributed by atoms with Crippen LogP contribution in [0.1, 0.15) is 68.6 Å². The Morgan fingerprint density at radius 1 is 1.17 bits per heavy atom. The van der Waals surface area contributed by atoms with Gasteiger partial charge in [0.25, 0.3) is 10.1 Å². The molecule has 0 aliphatic heterocycles. The standard InChI is InChI=1S/C14H26O7S.Ca.2H/c1-4-7-8-9-14(5-2,6-3)21-13(17)11(10-12(15)16)22(18,19)20;;;/h11H,4-10H2,1-3H3,(H,15,16)(H,18,19,20);;;/q;+2;2*-1. The van der Waals surface area contributed by atoms with Gasteiger partial charge in [-0.2, -0.15) is 8.42 Å². The maximum absolute atomic E-state index is 12.1. The van der Waals surface area contributed by atoms with Crippen LogP contribution in [-0.2, 0) is 24.4 Å². The van der Waals surface area contributed by atoms with Crippen molar-refractivity contribution < 1.29 is 35.3 Å². The fourth-order valence-electron chi connectivity index (χ4n) is 2.24. The summed E-state index contributed by atoms with van der Waals surface area (Å²) in [7, 11) is -4.83. The van der Waals surface area contributed by atoms with Crippen molar-refractivity contribution in [2.45, 2.75) is 76.6 Å². The molecule has 0 aliphatic carbocycles. The van der Waals surface area contributed by atoms with Crippen molar-refractivity contribution in [3.05, 3.63) is 0 Å². The van der Waals surface area contributed by atoms with Crippen LogP contribution in [-0.4, -0.2) is 78.6 Å². The van der Waals surface area contributed by atoms with Crippen LogP contribution in [0.15, 0.2) is 0 Å². The summed E-state index contributed by atoms with van der Waals surface area (Å²) in [6.45, 7) is 5.68. The second-order valence-corrected chi connectivity index (χ2v) is 6.97. The molecule has 0 bridgehead atoms. The van der Waals surface area contributed by atoms with Gasteiger partial charge in [-0.1, -0.05) is 33.6 Å². The maximum atomic E-state index is 12.1. The normalized spacial score (nSPS) is 13.0. The van der Waals surface area contributed by atoms with E-state index in [2.05, 4.69) is 0 Å². The van der Waals surface area contributed by atoms with Crippen molar-refractivity contribution >= 4 is 59.8 Å². The third kappa shape index (κ3) is 9.24. The molecule has 1 unspecified atom stereocenters. The molecule has 0 radical (unpaired) electrons. The molecule has 0 heterocycles. The van der Waals surface area contributed by atoms with E-state index in [1.807, 2.05) is 20.8 Å². The third-order valence-corrected chi connectivity index (χ3v) is 4.90. The van der Waals surface area contributed by atoms with E-state index in [1.54, 1.807) is 0 Å². The van der Waals surface area contributed by atoms with Crippen LogP contribution in [0.5, 0.6) is 0 Å². The molecule has 0 aliphatic rings. The van der Waals surface area contributed by atoms with E-state index >= 15 is 0 Å². The molecular formula is C14H28CaO7S. The number of aliphatic carboxylic acids is 1. The van der Waals surface area contributed by atoms with E-state index in [0.29, 0.717) is 19.3 Å². The van der Waals surface area contributed by atoms with E-state index in [-0.39, 0.29) is 40.6 Å². The molecule has 0 spiro atoms. The Labute approximate surface area is 170 Å². The molecule has 0 saturated carbocycles. The molecule has 9 heteroatoms. The first-order valence-corrected chi connectivity index (χ1v) is 9.03. The SMILES string of the molecule is CCCCCC(CC)(CC)OC(=O)C(CC(=O)O)S(=O)(=O)O.[Ca+2].[H-].[H-]. The van der Waals surface area contributed by atoms with Crippen LogP contribution in [0.25, 0.3) is 0 Å². The molecule has 0 amide bonds. The predicted molar refractivity (Wildman–Crippen MR) is 89.1 cm³/mol. The van der Waals surface area contributed by atoms with Gasteiger partial charge in [0.15, 0.2) is 5.25 Å². The van der Waals surface area contributed by atoms with Gasteiger partial charge in [0.05, 0.1) is 6.42 Å². The van der Waals surface area contributed by atoms with Gasteiger partial charge in [-0.15, -0.1) is 0 Å². The van der Waals surface area contributed by atoms with Crippen molar-refractivity contribution in [1.29, 1.82) is 0 Å². The van der Waals surface area contributed by atoms with Gasteiger partial charge < -0.3 is 12.7 Å². The summed E-state index contributed by atoms with van der Waals surface area (Å²) in [5.74, 6) is -2.70. The van der Waals surface area contributed by atoms with Crippen LogP contribution in [0.3, 0.4) is 0 Å². The molecule has 0 fully saturated rings. The van der Waals surface area contributed by atoms with Crippen LogP contribution >= 0.6 is 0 Å². The van der Waals surface area contributed by atoms with Crippen molar-refractivity contribution in [2.75, 3.05) is 0 Å². The monoisotopic (exact) mass is 380 g/mol. The minimum absolute atomic E-state index is 0. The minimum Gasteiger partial charge on any atom is -1.00 e. The third-order valence-electron chi connectivity index (χ3n) is 3.82. The molecule has 0 aromatic carbocycles. The number of rotatable bonds is 11. The zero-order valence-corrected chi connectivity index (χ0v) is 17.1. The van der Waals surface area contributed by atoms with Gasteiger partial charge >= 0.3 is 49.7 Å². The van der Waals surface area contributed by atoms with E-state index in [9.17, 15) is 18.0 Å². The van der Waals surface area contributed by atoms with Gasteiger partial charge in [0.1, 0.15) is 5.60 Å². The van der Waals surface area contributed by atoms with Gasteiger partial charge in [-0.25, -0.2) is 0 Å². The number of carbonyl (C=O) groups excluding carboxylic acids is 1. The van der Waals surface area contributed by atoms with Crippen LogP contribution in [0.4, 0.5) is 0 Å². The first-order valence-electron chi connectivity index (χ1n) is 7.52. The minimum atomic E-state index is -4.83. The van der Waals surface area contributed by atoms with Gasteiger partial charge in [0.2, 0.25) is 0 Å². The summed E-state index contributed by atoms with van der Waals surface area (Å²) in [5.41, 5.74) is -0.826. The molecule has 1 atom stereocenters. The average molecular weight is 381 g/mol. The zero-order chi connectivity index (χ0) is 17.4. The fourth-order valence-corrected chi connectivity index (χ4v) is 2.89. The summed E-state index contributed by atoms with van der Waals surface area (Å²) in [6.07, 6.45) is 3.30. The molecule has 0 saturated heterocycles. The molecule has 0 rings (SSSR count). The first-order chi connectivity index (χ1) is 10.1. The topological polar surface area (TPSA) is 118 Å². The Hall–Kier alpha value is 0.110. The number of unbranched alkanes of at least 4 members (excludes halogenated alkanes) is 2. The van der Waals surface area contributed by atoms with Gasteiger partial charge in [-0.05, 0) is 25.7 Å². The first kappa shape index (κ1) is 25.4. The van der Waals surface area contributed by atoms with E-state index in [4.69, 9.17) is 14.4 Å². The number of esters is 1. The summed E-state index contributed by atoms with van der Waals surface area (Å²) in [4.78, 5) is 22.8. The molecule has 2 N–H and O–H groups in total. The van der Waals surface area contributed by atoms with E-state index in [1.165, 1.54) is 0 Å². The average Bonchev–Trinajstić information content (AvgIpc) is 2.42. The van der Waals surface area contributed by atoms with Crippen LogP contribution < -0.4 is 0 Å². The molecule has 7 nitrogen and oxygen atoms in total. The molecule has 0 aromatic rings. The second-order valence-electron chi connectivity index (χ2n) is 5.37. The summed E-state index contributed by atoms with van der Waals surface area (Å²) in [5, 5.41) is 6.61. The van der Waals surface area contributed by atoms with Gasteiger partial charge in [0, 0.05) is 0 Å². The molecule has 23 heavy (non-hydrogen) atoms. The largest absolute Gasteiger partial charge is 2.00 e. The van der Waals surface area contributed by atoms with Crippen molar-refractivity contribution in [2.24, 2.45) is 0 Å². The molecule has 0 aromatic heterocycles. The van der Waals surface area contributed by atoms with E-state index < -0.39 is 39.3 Å². The number of hydrogen-bond donors (Lipinski definition) is 2. The number of ether oxygens (including phenoxy) is 1. The van der Waals surface area contributed by atoms with Crippen LogP contribution in [0.2, 0.25) is 0 Å². The van der Waals surface area contributed by atoms with Crippen molar-refractivity contribution in [1.82, 2.24) is 0 Å². The number of carbonyl (C=O) groups is 2. The zero-order valence-electron chi connectivity index (χ0n) is 16.1. The summed E-state index contributed by atoms with van der Waals surface area (Å²) < 4.78 is 36.8. The number of carboxylic acid groups (broad SMARTS) is 1. The summed E-state index contributed by atoms with van der Waals surface area (Å²) in [6, 6.07) is 0. The van der Waals surface area contributed by atoms with Crippen molar-refractivity contribution in [3.8, 4) is 0 Å².